The molecular formula is C12H12O2S. The van der Waals surface area contributed by atoms with Gasteiger partial charge in [-0.05, 0) is 24.6 Å². The van der Waals surface area contributed by atoms with E-state index < -0.39 is 0 Å². The van der Waals surface area contributed by atoms with Gasteiger partial charge in [-0.15, -0.1) is 0 Å². The van der Waals surface area contributed by atoms with Gasteiger partial charge in [-0.25, -0.2) is 4.79 Å². The minimum Gasteiger partial charge on any atom is -0.461 e. The van der Waals surface area contributed by atoms with Crippen LogP contribution in [-0.2, 0) is 9.53 Å². The molecule has 1 aliphatic heterocycles. The number of hydrogen-bond donors (Lipinski definition) is 0. The molecule has 0 N–H and O–H groups in total. The third kappa shape index (κ3) is 2.42. The minimum absolute atomic E-state index is 0.187. The molecule has 0 aromatic heterocycles. The van der Waals surface area contributed by atoms with Crippen molar-refractivity contribution in [2.45, 2.75) is 18.2 Å². The molecule has 0 atom stereocenters. The van der Waals surface area contributed by atoms with Crippen LogP contribution in [0, 0.1) is 0 Å². The molecule has 0 saturated carbocycles. The first-order chi connectivity index (χ1) is 7.27. The van der Waals surface area contributed by atoms with E-state index in [-0.39, 0.29) is 5.97 Å². The summed E-state index contributed by atoms with van der Waals surface area (Å²) in [6.45, 7) is 2.51. The molecule has 78 valence electrons. The first-order valence-corrected chi connectivity index (χ1v) is 5.69. The van der Waals surface area contributed by atoms with Gasteiger partial charge in [0.2, 0.25) is 0 Å². The van der Waals surface area contributed by atoms with E-state index in [1.54, 1.807) is 0 Å². The number of esters is 1. The normalized spacial score (nSPS) is 16.5. The van der Waals surface area contributed by atoms with E-state index in [1.807, 2.05) is 37.3 Å². The molecule has 2 rings (SSSR count). The number of carbonyl (C=O) groups excluding carboxylic acids is 1. The van der Waals surface area contributed by atoms with Crippen LogP contribution < -0.4 is 0 Å². The molecule has 0 radical (unpaired) electrons. The van der Waals surface area contributed by atoms with Crippen LogP contribution in [0.15, 0.2) is 45.7 Å². The van der Waals surface area contributed by atoms with Gasteiger partial charge in [0, 0.05) is 11.3 Å². The molecule has 0 unspecified atom stereocenters. The van der Waals surface area contributed by atoms with E-state index in [4.69, 9.17) is 4.74 Å². The molecule has 0 amide bonds. The van der Waals surface area contributed by atoms with E-state index >= 15 is 0 Å². The second kappa shape index (κ2) is 4.53. The first kappa shape index (κ1) is 10.3. The zero-order valence-corrected chi connectivity index (χ0v) is 9.34. The average Bonchev–Trinajstić information content (AvgIpc) is 2.25. The summed E-state index contributed by atoms with van der Waals surface area (Å²) in [7, 11) is 0. The summed E-state index contributed by atoms with van der Waals surface area (Å²) >= 11 is 1.49. The second-order valence-electron chi connectivity index (χ2n) is 3.41. The Kier molecular flexibility index (Phi) is 3.11. The van der Waals surface area contributed by atoms with Crippen molar-refractivity contribution in [3.05, 3.63) is 40.8 Å². The Hall–Kier alpha value is -1.22. The number of benzene rings is 1. The first-order valence-electron chi connectivity index (χ1n) is 4.87. The number of cyclic esters (lactones) is 1. The molecule has 0 saturated heterocycles. The van der Waals surface area contributed by atoms with Crippen molar-refractivity contribution in [3.8, 4) is 0 Å². The molecule has 1 heterocycles. The van der Waals surface area contributed by atoms with Gasteiger partial charge < -0.3 is 4.74 Å². The molecule has 0 spiro atoms. The van der Waals surface area contributed by atoms with E-state index in [0.717, 1.165) is 21.8 Å². The molecule has 1 aromatic carbocycles. The maximum Gasteiger partial charge on any atom is 0.344 e. The lowest BCUT2D eigenvalue weighted by Crippen LogP contribution is -2.14. The fraction of sp³-hybridized carbons (Fsp3) is 0.250. The van der Waals surface area contributed by atoms with Crippen LogP contribution >= 0.6 is 11.8 Å². The highest BCUT2D eigenvalue weighted by Crippen LogP contribution is 2.32. The minimum atomic E-state index is -0.187. The number of hydrogen-bond acceptors (Lipinski definition) is 3. The molecule has 0 aliphatic carbocycles. The Bertz CT molecular complexity index is 395. The fourth-order valence-electron chi connectivity index (χ4n) is 1.39. The Morgan fingerprint density at radius 2 is 2.00 bits per heavy atom. The van der Waals surface area contributed by atoms with Gasteiger partial charge in [-0.3, -0.25) is 0 Å². The second-order valence-corrected chi connectivity index (χ2v) is 4.49. The van der Waals surface area contributed by atoms with E-state index in [2.05, 4.69) is 0 Å². The molecule has 3 heteroatoms. The van der Waals surface area contributed by atoms with Gasteiger partial charge >= 0.3 is 5.97 Å². The van der Waals surface area contributed by atoms with Crippen LogP contribution in [0.25, 0.3) is 0 Å². The average molecular weight is 220 g/mol. The van der Waals surface area contributed by atoms with E-state index in [9.17, 15) is 4.79 Å². The summed E-state index contributed by atoms with van der Waals surface area (Å²) in [5.74, 6) is -0.187. The number of carbonyl (C=O) groups is 1. The summed E-state index contributed by atoms with van der Waals surface area (Å²) in [4.78, 5) is 13.3. The summed E-state index contributed by atoms with van der Waals surface area (Å²) in [5.41, 5.74) is 1.13. The van der Waals surface area contributed by atoms with Crippen molar-refractivity contribution >= 4 is 17.7 Å². The lowest BCUT2D eigenvalue weighted by atomic mass is 10.2. The quantitative estimate of drug-likeness (QED) is 0.717. The van der Waals surface area contributed by atoms with Gasteiger partial charge in [-0.1, -0.05) is 30.0 Å². The summed E-state index contributed by atoms with van der Waals surface area (Å²) < 4.78 is 5.02. The highest BCUT2D eigenvalue weighted by Gasteiger charge is 2.20. The van der Waals surface area contributed by atoms with Crippen molar-refractivity contribution < 1.29 is 9.53 Å². The predicted molar refractivity (Wildman–Crippen MR) is 60.6 cm³/mol. The lowest BCUT2D eigenvalue weighted by molar-refractivity contribution is -0.139. The van der Waals surface area contributed by atoms with Gasteiger partial charge in [0.15, 0.2) is 0 Å². The van der Waals surface area contributed by atoms with Crippen molar-refractivity contribution in [2.24, 2.45) is 0 Å². The summed E-state index contributed by atoms with van der Waals surface area (Å²) in [5, 5.41) is 0. The van der Waals surface area contributed by atoms with Crippen molar-refractivity contribution in [1.29, 1.82) is 0 Å². The maximum atomic E-state index is 11.5. The third-order valence-corrected chi connectivity index (χ3v) is 3.47. The largest absolute Gasteiger partial charge is 0.461 e. The Morgan fingerprint density at radius 3 is 2.67 bits per heavy atom. The zero-order valence-electron chi connectivity index (χ0n) is 8.53. The van der Waals surface area contributed by atoms with Crippen LogP contribution in [0.1, 0.15) is 13.3 Å². The maximum absolute atomic E-state index is 11.5. The highest BCUT2D eigenvalue weighted by molar-refractivity contribution is 8.04. The highest BCUT2D eigenvalue weighted by atomic mass is 32.2. The van der Waals surface area contributed by atoms with Gasteiger partial charge in [0.1, 0.15) is 0 Å². The molecule has 1 aromatic rings. The standard InChI is InChI=1S/C12H12O2S/c1-9-7-8-14-12(13)11(9)15-10-5-3-2-4-6-10/h2-6H,7-8H2,1H3. The van der Waals surface area contributed by atoms with E-state index in [0.29, 0.717) is 6.61 Å². The van der Waals surface area contributed by atoms with Crippen molar-refractivity contribution in [2.75, 3.05) is 6.61 Å². The Balaban J connectivity index is 2.21. The van der Waals surface area contributed by atoms with Gasteiger partial charge in [0.25, 0.3) is 0 Å². The third-order valence-electron chi connectivity index (χ3n) is 2.25. The molecule has 0 bridgehead atoms. The summed E-state index contributed by atoms with van der Waals surface area (Å²) in [6.07, 6.45) is 0.848. The van der Waals surface area contributed by atoms with Crippen LogP contribution in [0.4, 0.5) is 0 Å². The number of thioether (sulfide) groups is 1. The number of rotatable bonds is 2. The van der Waals surface area contributed by atoms with Crippen molar-refractivity contribution in [1.82, 2.24) is 0 Å². The molecular weight excluding hydrogens is 208 g/mol. The van der Waals surface area contributed by atoms with Crippen LogP contribution in [0.3, 0.4) is 0 Å². The van der Waals surface area contributed by atoms with Gasteiger partial charge in [-0.2, -0.15) is 0 Å². The Morgan fingerprint density at radius 1 is 1.27 bits per heavy atom. The van der Waals surface area contributed by atoms with Crippen LogP contribution in [0.2, 0.25) is 0 Å². The molecule has 2 nitrogen and oxygen atoms in total. The Labute approximate surface area is 93.3 Å². The molecule has 15 heavy (non-hydrogen) atoms. The lowest BCUT2D eigenvalue weighted by Gasteiger charge is -2.16. The smallest absolute Gasteiger partial charge is 0.344 e. The molecule has 1 aliphatic rings. The SMILES string of the molecule is CC1=C(Sc2ccccc2)C(=O)OCC1. The van der Waals surface area contributed by atoms with E-state index in [1.165, 1.54) is 11.8 Å². The van der Waals surface area contributed by atoms with Crippen LogP contribution in [0.5, 0.6) is 0 Å². The van der Waals surface area contributed by atoms with Crippen LogP contribution in [-0.4, -0.2) is 12.6 Å². The predicted octanol–water partition coefficient (Wildman–Crippen LogP) is 3.00. The molecule has 0 fully saturated rings. The van der Waals surface area contributed by atoms with Gasteiger partial charge in [0.05, 0.1) is 11.5 Å². The van der Waals surface area contributed by atoms with Crippen molar-refractivity contribution in [3.63, 3.8) is 0 Å². The monoisotopic (exact) mass is 220 g/mol. The zero-order chi connectivity index (χ0) is 10.7. The topological polar surface area (TPSA) is 26.3 Å². The number of ether oxygens (including phenoxy) is 1. The fourth-order valence-corrected chi connectivity index (χ4v) is 2.33. The summed E-state index contributed by atoms with van der Waals surface area (Å²) in [6, 6.07) is 9.88.